The lowest BCUT2D eigenvalue weighted by Gasteiger charge is -2.35. The van der Waals surface area contributed by atoms with Crippen LogP contribution >= 0.6 is 11.3 Å². The maximum atomic E-state index is 13.2. The first-order valence-electron chi connectivity index (χ1n) is 10.5. The van der Waals surface area contributed by atoms with Crippen molar-refractivity contribution in [2.75, 3.05) is 34.3 Å². The molecule has 0 N–H and O–H groups in total. The van der Waals surface area contributed by atoms with Gasteiger partial charge in [0.15, 0.2) is 0 Å². The first-order valence-corrected chi connectivity index (χ1v) is 11.4. The second kappa shape index (κ2) is 9.16. The fourth-order valence-electron chi connectivity index (χ4n) is 3.95. The number of ether oxygens (including phenoxy) is 1. The number of amides is 1. The number of carbonyl (C=O) groups is 1. The standard InChI is InChI=1S/C24H28N4O2S/c1-16-11-23(31-15-16)21-14-25-13-20(26-21)17-5-6-19(22(12-17)30-4)24(29)28(3)18-7-9-27(2)10-8-18/h5-6,11-15,18H,7-10H2,1-4H3. The lowest BCUT2D eigenvalue weighted by Crippen LogP contribution is -2.44. The molecular weight excluding hydrogens is 408 g/mol. The number of hydrogen-bond acceptors (Lipinski definition) is 6. The van der Waals surface area contributed by atoms with E-state index in [1.165, 1.54) is 5.56 Å². The Hall–Kier alpha value is -2.77. The molecule has 0 unspecified atom stereocenters. The van der Waals surface area contributed by atoms with E-state index in [4.69, 9.17) is 9.72 Å². The van der Waals surface area contributed by atoms with Crippen LogP contribution in [-0.2, 0) is 0 Å². The van der Waals surface area contributed by atoms with E-state index in [2.05, 4.69) is 35.3 Å². The Labute approximate surface area is 187 Å². The van der Waals surface area contributed by atoms with Gasteiger partial charge in [0.05, 0.1) is 41.3 Å². The summed E-state index contributed by atoms with van der Waals surface area (Å²) < 4.78 is 5.60. The van der Waals surface area contributed by atoms with Gasteiger partial charge in [-0.2, -0.15) is 0 Å². The van der Waals surface area contributed by atoms with Crippen molar-refractivity contribution >= 4 is 17.2 Å². The van der Waals surface area contributed by atoms with Crippen LogP contribution in [0, 0.1) is 6.92 Å². The van der Waals surface area contributed by atoms with Crippen LogP contribution in [0.25, 0.3) is 21.8 Å². The number of thiophene rings is 1. The predicted octanol–water partition coefficient (Wildman–Crippen LogP) is 4.36. The van der Waals surface area contributed by atoms with Crippen molar-refractivity contribution in [2.45, 2.75) is 25.8 Å². The van der Waals surface area contributed by atoms with Gasteiger partial charge in [-0.05, 0) is 69.0 Å². The van der Waals surface area contributed by atoms with Crippen LogP contribution in [-0.4, -0.2) is 66.0 Å². The summed E-state index contributed by atoms with van der Waals surface area (Å²) >= 11 is 1.66. The van der Waals surface area contributed by atoms with E-state index in [0.717, 1.165) is 47.8 Å². The first kappa shape index (κ1) is 21.5. The van der Waals surface area contributed by atoms with Gasteiger partial charge in [-0.15, -0.1) is 11.3 Å². The average Bonchev–Trinajstić information content (AvgIpc) is 3.24. The number of carbonyl (C=O) groups excluding carboxylic acids is 1. The molecule has 1 amide bonds. The molecule has 0 radical (unpaired) electrons. The van der Waals surface area contributed by atoms with Crippen molar-refractivity contribution in [1.82, 2.24) is 19.8 Å². The summed E-state index contributed by atoms with van der Waals surface area (Å²) in [7, 11) is 5.61. The predicted molar refractivity (Wildman–Crippen MR) is 125 cm³/mol. The fraction of sp³-hybridized carbons (Fsp3) is 0.375. The van der Waals surface area contributed by atoms with Gasteiger partial charge in [-0.25, -0.2) is 4.98 Å². The van der Waals surface area contributed by atoms with E-state index in [0.29, 0.717) is 11.3 Å². The fourth-order valence-corrected chi connectivity index (χ4v) is 4.81. The summed E-state index contributed by atoms with van der Waals surface area (Å²) in [5.41, 5.74) is 4.26. The normalized spacial score (nSPS) is 15.1. The second-order valence-electron chi connectivity index (χ2n) is 8.14. The molecule has 0 atom stereocenters. The number of likely N-dealkylation sites (tertiary alicyclic amines) is 1. The van der Waals surface area contributed by atoms with Crippen LogP contribution in [0.5, 0.6) is 5.75 Å². The highest BCUT2D eigenvalue weighted by molar-refractivity contribution is 7.13. The molecule has 1 aliphatic heterocycles. The molecule has 0 spiro atoms. The molecule has 31 heavy (non-hydrogen) atoms. The number of benzene rings is 1. The van der Waals surface area contributed by atoms with E-state index < -0.39 is 0 Å². The van der Waals surface area contributed by atoms with E-state index >= 15 is 0 Å². The van der Waals surface area contributed by atoms with Crippen LogP contribution in [0.4, 0.5) is 0 Å². The molecule has 1 aromatic carbocycles. The average molecular weight is 437 g/mol. The van der Waals surface area contributed by atoms with Crippen LogP contribution in [0.3, 0.4) is 0 Å². The monoisotopic (exact) mass is 436 g/mol. The molecule has 3 aromatic rings. The minimum atomic E-state index is -0.00755. The van der Waals surface area contributed by atoms with Crippen molar-refractivity contribution in [3.8, 4) is 27.6 Å². The maximum absolute atomic E-state index is 13.2. The van der Waals surface area contributed by atoms with E-state index in [9.17, 15) is 4.79 Å². The number of methoxy groups -OCH3 is 1. The maximum Gasteiger partial charge on any atom is 0.257 e. The molecule has 2 aromatic heterocycles. The van der Waals surface area contributed by atoms with Crippen molar-refractivity contribution in [1.29, 1.82) is 0 Å². The Morgan fingerprint density at radius 2 is 1.94 bits per heavy atom. The molecule has 4 rings (SSSR count). The zero-order chi connectivity index (χ0) is 22.0. The molecule has 6 nitrogen and oxygen atoms in total. The highest BCUT2D eigenvalue weighted by atomic mass is 32.1. The minimum Gasteiger partial charge on any atom is -0.496 e. The van der Waals surface area contributed by atoms with Gasteiger partial charge in [-0.1, -0.05) is 6.07 Å². The van der Waals surface area contributed by atoms with Crippen LogP contribution in [0.15, 0.2) is 42.0 Å². The number of aryl methyl sites for hydroxylation is 1. The number of aromatic nitrogens is 2. The van der Waals surface area contributed by atoms with Crippen molar-refractivity contribution in [3.63, 3.8) is 0 Å². The van der Waals surface area contributed by atoms with Crippen molar-refractivity contribution < 1.29 is 9.53 Å². The SMILES string of the molecule is COc1cc(-c2cncc(-c3cc(C)cs3)n2)ccc1C(=O)N(C)C1CCN(C)CC1. The molecule has 1 aliphatic rings. The van der Waals surface area contributed by atoms with E-state index in [1.54, 1.807) is 30.8 Å². The smallest absolute Gasteiger partial charge is 0.257 e. The second-order valence-corrected chi connectivity index (χ2v) is 9.05. The Kier molecular flexibility index (Phi) is 6.34. The van der Waals surface area contributed by atoms with Gasteiger partial charge in [-0.3, -0.25) is 9.78 Å². The number of rotatable bonds is 5. The lowest BCUT2D eigenvalue weighted by molar-refractivity contribution is 0.0656. The summed E-state index contributed by atoms with van der Waals surface area (Å²) in [4.78, 5) is 27.6. The third kappa shape index (κ3) is 4.62. The zero-order valence-corrected chi connectivity index (χ0v) is 19.3. The Morgan fingerprint density at radius 3 is 2.61 bits per heavy atom. The summed E-state index contributed by atoms with van der Waals surface area (Å²) in [6.45, 7) is 4.09. The Balaban J connectivity index is 1.59. The highest BCUT2D eigenvalue weighted by Gasteiger charge is 2.26. The van der Waals surface area contributed by atoms with Gasteiger partial charge in [0, 0.05) is 18.7 Å². The quantitative estimate of drug-likeness (QED) is 0.595. The van der Waals surface area contributed by atoms with Crippen molar-refractivity contribution in [3.05, 3.63) is 53.2 Å². The van der Waals surface area contributed by atoms with Crippen LogP contribution in [0.2, 0.25) is 0 Å². The Bertz CT molecular complexity index is 1070. The van der Waals surface area contributed by atoms with Crippen LogP contribution < -0.4 is 4.74 Å². The molecule has 7 heteroatoms. The van der Waals surface area contributed by atoms with Gasteiger partial charge in [0.1, 0.15) is 5.75 Å². The largest absolute Gasteiger partial charge is 0.496 e. The topological polar surface area (TPSA) is 58.6 Å². The lowest BCUT2D eigenvalue weighted by atomic mass is 10.0. The summed E-state index contributed by atoms with van der Waals surface area (Å²) in [5, 5.41) is 2.11. The minimum absolute atomic E-state index is 0.00755. The molecule has 162 valence electrons. The molecule has 0 bridgehead atoms. The summed E-state index contributed by atoms with van der Waals surface area (Å²) in [6.07, 6.45) is 5.50. The van der Waals surface area contributed by atoms with E-state index in [1.807, 2.05) is 30.1 Å². The molecule has 1 saturated heterocycles. The molecule has 3 heterocycles. The number of piperidine rings is 1. The Morgan fingerprint density at radius 1 is 1.19 bits per heavy atom. The highest BCUT2D eigenvalue weighted by Crippen LogP contribution is 2.30. The van der Waals surface area contributed by atoms with Gasteiger partial charge < -0.3 is 14.5 Å². The van der Waals surface area contributed by atoms with Gasteiger partial charge >= 0.3 is 0 Å². The summed E-state index contributed by atoms with van der Waals surface area (Å²) in [6, 6.07) is 8.00. The molecule has 0 aliphatic carbocycles. The van der Waals surface area contributed by atoms with Gasteiger partial charge in [0.25, 0.3) is 5.91 Å². The third-order valence-electron chi connectivity index (χ3n) is 5.90. The van der Waals surface area contributed by atoms with E-state index in [-0.39, 0.29) is 11.9 Å². The number of hydrogen-bond donors (Lipinski definition) is 0. The van der Waals surface area contributed by atoms with Crippen LogP contribution in [0.1, 0.15) is 28.8 Å². The van der Waals surface area contributed by atoms with Crippen molar-refractivity contribution in [2.24, 2.45) is 0 Å². The summed E-state index contributed by atoms with van der Waals surface area (Å²) in [5.74, 6) is 0.549. The zero-order valence-electron chi connectivity index (χ0n) is 18.5. The molecule has 1 fully saturated rings. The first-order chi connectivity index (χ1) is 15.0. The molecule has 0 saturated carbocycles. The molecular formula is C24H28N4O2S. The third-order valence-corrected chi connectivity index (χ3v) is 6.97. The number of nitrogens with zero attached hydrogens (tertiary/aromatic N) is 4. The van der Waals surface area contributed by atoms with Gasteiger partial charge in [0.2, 0.25) is 0 Å².